The number of urea groups is 1. The summed E-state index contributed by atoms with van der Waals surface area (Å²) >= 11 is 1.25. The fourth-order valence-electron chi connectivity index (χ4n) is 3.09. The number of benzene rings is 1. The van der Waals surface area contributed by atoms with Crippen molar-refractivity contribution < 1.29 is 24.3 Å². The molecule has 6 nitrogen and oxygen atoms in total. The Labute approximate surface area is 133 Å². The number of halogens is 1. The normalized spacial score (nSPS) is 22.4. The molecule has 0 spiro atoms. The molecule has 2 atom stereocenters. The number of carbonyl (C=O) groups excluding carboxylic acids is 1. The lowest BCUT2D eigenvalue weighted by Crippen LogP contribution is -2.37. The molecule has 1 fully saturated rings. The summed E-state index contributed by atoms with van der Waals surface area (Å²) in [7, 11) is 0. The summed E-state index contributed by atoms with van der Waals surface area (Å²) in [4.78, 5) is 26.0. The number of thiophene rings is 1. The van der Waals surface area contributed by atoms with Gasteiger partial charge in [0.15, 0.2) is 6.04 Å². The van der Waals surface area contributed by atoms with E-state index in [1.54, 1.807) is 18.2 Å². The third-order valence-corrected chi connectivity index (χ3v) is 5.43. The topological polar surface area (TPSA) is 81.1 Å². The van der Waals surface area contributed by atoms with Gasteiger partial charge in [0.1, 0.15) is 11.9 Å². The maximum atomic E-state index is 13.1. The summed E-state index contributed by atoms with van der Waals surface area (Å²) in [5, 5.41) is 20.0. The summed E-state index contributed by atoms with van der Waals surface area (Å²) in [6.45, 7) is 0.138. The highest BCUT2D eigenvalue weighted by Gasteiger charge is 2.51. The first-order chi connectivity index (χ1) is 11.0. The minimum atomic E-state index is -1.14. The van der Waals surface area contributed by atoms with Crippen LogP contribution in [0, 0.1) is 5.82 Å². The van der Waals surface area contributed by atoms with Crippen molar-refractivity contribution in [2.45, 2.75) is 12.1 Å². The Morgan fingerprint density at radius 1 is 1.30 bits per heavy atom. The third-order valence-electron chi connectivity index (χ3n) is 4.18. The van der Waals surface area contributed by atoms with Gasteiger partial charge < -0.3 is 10.0 Å². The van der Waals surface area contributed by atoms with E-state index >= 15 is 0 Å². The molecule has 2 amide bonds. The van der Waals surface area contributed by atoms with Crippen LogP contribution in [0.3, 0.4) is 0 Å². The molecule has 8 heteroatoms. The standard InChI is InChI=1S/C15H11FN2O4S/c16-8-3-1-7(2-4-8)11-5-9-10-6-17(15(21)18(10)22)12(14(19)20)13(9)23-11/h1-5,10,12,22H,6H2,(H,19,20). The second kappa shape index (κ2) is 4.77. The SMILES string of the molecule is O=C(O)C1c2sc(-c3ccc(F)cc3)cc2C2CN1C(=O)N2O. The van der Waals surface area contributed by atoms with Crippen molar-refractivity contribution in [3.05, 3.63) is 46.6 Å². The van der Waals surface area contributed by atoms with Gasteiger partial charge in [-0.2, -0.15) is 5.06 Å². The number of fused-ring (bicyclic) bond motifs is 4. The van der Waals surface area contributed by atoms with Gasteiger partial charge in [-0.1, -0.05) is 12.1 Å². The van der Waals surface area contributed by atoms with Crippen molar-refractivity contribution in [1.29, 1.82) is 0 Å². The zero-order valence-corrected chi connectivity index (χ0v) is 12.5. The Kier molecular flexibility index (Phi) is 2.94. The summed E-state index contributed by atoms with van der Waals surface area (Å²) in [5.41, 5.74) is 1.39. The largest absolute Gasteiger partial charge is 0.479 e. The first-order valence-electron chi connectivity index (χ1n) is 6.88. The molecule has 2 unspecified atom stereocenters. The van der Waals surface area contributed by atoms with Crippen LogP contribution in [0.4, 0.5) is 9.18 Å². The number of rotatable bonds is 2. The summed E-state index contributed by atoms with van der Waals surface area (Å²) in [6, 6.07) is 5.29. The van der Waals surface area contributed by atoms with Crippen LogP contribution < -0.4 is 0 Å². The molecule has 0 aliphatic carbocycles. The van der Waals surface area contributed by atoms with Gasteiger partial charge in [-0.05, 0) is 29.3 Å². The molecule has 2 N–H and O–H groups in total. The van der Waals surface area contributed by atoms with E-state index in [2.05, 4.69) is 0 Å². The van der Waals surface area contributed by atoms with Crippen molar-refractivity contribution in [3.63, 3.8) is 0 Å². The van der Waals surface area contributed by atoms with Crippen molar-refractivity contribution in [3.8, 4) is 10.4 Å². The van der Waals surface area contributed by atoms with E-state index in [-0.39, 0.29) is 12.4 Å². The van der Waals surface area contributed by atoms with E-state index in [1.807, 2.05) is 0 Å². The number of hydroxylamine groups is 2. The minimum absolute atomic E-state index is 0.138. The van der Waals surface area contributed by atoms with Gasteiger partial charge in [-0.25, -0.2) is 14.0 Å². The maximum Gasteiger partial charge on any atom is 0.345 e. The Bertz CT molecular complexity index is 819. The Hall–Kier alpha value is -2.45. The lowest BCUT2D eigenvalue weighted by atomic mass is 9.98. The molecule has 1 aromatic heterocycles. The number of amides is 2. The van der Waals surface area contributed by atoms with Gasteiger partial charge in [0.2, 0.25) is 0 Å². The molecule has 23 heavy (non-hydrogen) atoms. The van der Waals surface area contributed by atoms with E-state index in [4.69, 9.17) is 0 Å². The van der Waals surface area contributed by atoms with Crippen molar-refractivity contribution >= 4 is 23.3 Å². The summed E-state index contributed by atoms with van der Waals surface area (Å²) < 4.78 is 13.1. The van der Waals surface area contributed by atoms with E-state index in [1.165, 1.54) is 23.5 Å². The van der Waals surface area contributed by atoms with Crippen LogP contribution in [-0.2, 0) is 4.79 Å². The van der Waals surface area contributed by atoms with Gasteiger partial charge in [0.25, 0.3) is 0 Å². The number of hydrogen-bond acceptors (Lipinski definition) is 4. The van der Waals surface area contributed by atoms with Crippen LogP contribution in [0.5, 0.6) is 0 Å². The molecule has 2 aromatic rings. The monoisotopic (exact) mass is 334 g/mol. The quantitative estimate of drug-likeness (QED) is 0.828. The number of hydrogen-bond donors (Lipinski definition) is 2. The van der Waals surface area contributed by atoms with Crippen molar-refractivity contribution in [2.75, 3.05) is 6.54 Å². The molecular weight excluding hydrogens is 323 g/mol. The van der Waals surface area contributed by atoms with Crippen molar-refractivity contribution in [2.24, 2.45) is 0 Å². The molecule has 2 aliphatic rings. The number of aliphatic carboxylic acids is 1. The highest BCUT2D eigenvalue weighted by atomic mass is 32.1. The lowest BCUT2D eigenvalue weighted by molar-refractivity contribution is -0.142. The van der Waals surface area contributed by atoms with Crippen molar-refractivity contribution in [1.82, 2.24) is 9.96 Å². The molecule has 4 rings (SSSR count). The summed E-state index contributed by atoms with van der Waals surface area (Å²) in [6.07, 6.45) is 0. The van der Waals surface area contributed by atoms with Gasteiger partial charge in [0.05, 0.1) is 6.54 Å². The van der Waals surface area contributed by atoms with Crippen LogP contribution in [0.25, 0.3) is 10.4 Å². The number of carboxylic acid groups (broad SMARTS) is 1. The van der Waals surface area contributed by atoms with Crippen LogP contribution in [0.1, 0.15) is 22.5 Å². The minimum Gasteiger partial charge on any atom is -0.479 e. The zero-order valence-electron chi connectivity index (χ0n) is 11.6. The zero-order chi connectivity index (χ0) is 16.3. The Balaban J connectivity index is 1.85. The Morgan fingerprint density at radius 2 is 2.00 bits per heavy atom. The number of carbonyl (C=O) groups is 2. The molecule has 0 radical (unpaired) electrons. The predicted molar refractivity (Wildman–Crippen MR) is 78.6 cm³/mol. The van der Waals surface area contributed by atoms with Gasteiger partial charge >= 0.3 is 12.0 Å². The van der Waals surface area contributed by atoms with E-state index < -0.39 is 24.1 Å². The average Bonchev–Trinajstić information content (AvgIpc) is 3.05. The van der Waals surface area contributed by atoms with E-state index in [0.29, 0.717) is 15.5 Å². The molecule has 1 aromatic carbocycles. The van der Waals surface area contributed by atoms with Crippen LogP contribution in [0.2, 0.25) is 0 Å². The fourth-order valence-corrected chi connectivity index (χ4v) is 4.42. The molecule has 118 valence electrons. The number of nitrogens with zero attached hydrogens (tertiary/aromatic N) is 2. The first kappa shape index (κ1) is 14.2. The maximum absolute atomic E-state index is 13.1. The summed E-state index contributed by atoms with van der Waals surface area (Å²) in [5.74, 6) is -1.49. The molecular formula is C15H11FN2O4S. The fraction of sp³-hybridized carbons (Fsp3) is 0.200. The number of carboxylic acids is 1. The van der Waals surface area contributed by atoms with Crippen LogP contribution in [0.15, 0.2) is 30.3 Å². The highest BCUT2D eigenvalue weighted by Crippen LogP contribution is 2.48. The van der Waals surface area contributed by atoms with E-state index in [9.17, 15) is 24.3 Å². The second-order valence-corrected chi connectivity index (χ2v) is 6.56. The lowest BCUT2D eigenvalue weighted by Gasteiger charge is -2.27. The molecule has 2 bridgehead atoms. The van der Waals surface area contributed by atoms with Crippen LogP contribution in [-0.4, -0.2) is 38.8 Å². The predicted octanol–water partition coefficient (Wildman–Crippen LogP) is 2.86. The van der Waals surface area contributed by atoms with Gasteiger partial charge in [-0.15, -0.1) is 11.3 Å². The second-order valence-electron chi connectivity index (χ2n) is 5.47. The van der Waals surface area contributed by atoms with E-state index in [0.717, 1.165) is 15.3 Å². The smallest absolute Gasteiger partial charge is 0.345 e. The molecule has 2 aliphatic heterocycles. The van der Waals surface area contributed by atoms with Gasteiger partial charge in [0, 0.05) is 9.75 Å². The molecule has 1 saturated heterocycles. The highest BCUT2D eigenvalue weighted by molar-refractivity contribution is 7.15. The first-order valence-corrected chi connectivity index (χ1v) is 7.70. The average molecular weight is 334 g/mol. The Morgan fingerprint density at radius 3 is 2.65 bits per heavy atom. The molecule has 3 heterocycles. The van der Waals surface area contributed by atoms with Crippen LogP contribution >= 0.6 is 11.3 Å². The molecule has 0 saturated carbocycles. The third kappa shape index (κ3) is 1.95. The van der Waals surface area contributed by atoms with Gasteiger partial charge in [-0.3, -0.25) is 5.21 Å².